The summed E-state index contributed by atoms with van der Waals surface area (Å²) >= 11 is 3.26. The quantitative estimate of drug-likeness (QED) is 0.901. The molecule has 0 fully saturated rings. The van der Waals surface area contributed by atoms with Crippen molar-refractivity contribution in [3.8, 4) is 0 Å². The van der Waals surface area contributed by atoms with Crippen molar-refractivity contribution in [3.63, 3.8) is 0 Å². The molecule has 0 spiro atoms. The van der Waals surface area contributed by atoms with Crippen LogP contribution in [0.25, 0.3) is 0 Å². The Morgan fingerprint density at radius 2 is 1.79 bits per heavy atom. The summed E-state index contributed by atoms with van der Waals surface area (Å²) < 4.78 is 14.6. The SMILES string of the molecule is CC(N)(Cc1ccccc1)Cc1ccc(Br)cc1F. The van der Waals surface area contributed by atoms with Crippen molar-refractivity contribution in [1.29, 1.82) is 0 Å². The van der Waals surface area contributed by atoms with Gasteiger partial charge in [-0.3, -0.25) is 0 Å². The molecule has 0 radical (unpaired) electrons. The van der Waals surface area contributed by atoms with Crippen LogP contribution < -0.4 is 5.73 Å². The van der Waals surface area contributed by atoms with Gasteiger partial charge in [-0.2, -0.15) is 0 Å². The van der Waals surface area contributed by atoms with Gasteiger partial charge in [0.05, 0.1) is 0 Å². The minimum atomic E-state index is -0.462. The number of hydrogen-bond acceptors (Lipinski definition) is 1. The topological polar surface area (TPSA) is 26.0 Å². The van der Waals surface area contributed by atoms with Crippen molar-refractivity contribution in [3.05, 3.63) is 69.9 Å². The van der Waals surface area contributed by atoms with Crippen molar-refractivity contribution >= 4 is 15.9 Å². The van der Waals surface area contributed by atoms with Crippen molar-refractivity contribution in [1.82, 2.24) is 0 Å². The summed E-state index contributed by atoms with van der Waals surface area (Å²) in [5.74, 6) is -0.209. The van der Waals surface area contributed by atoms with E-state index >= 15 is 0 Å². The van der Waals surface area contributed by atoms with Gasteiger partial charge in [0, 0.05) is 10.0 Å². The maximum Gasteiger partial charge on any atom is 0.127 e. The molecule has 1 unspecified atom stereocenters. The van der Waals surface area contributed by atoms with Crippen molar-refractivity contribution in [2.75, 3.05) is 0 Å². The second-order valence-corrected chi connectivity index (χ2v) is 6.14. The molecule has 0 saturated heterocycles. The first kappa shape index (κ1) is 14.2. The fraction of sp³-hybridized carbons (Fsp3) is 0.250. The molecule has 0 aromatic heterocycles. The van der Waals surface area contributed by atoms with Gasteiger partial charge in [-0.25, -0.2) is 4.39 Å². The predicted octanol–water partition coefficient (Wildman–Crippen LogP) is 4.09. The van der Waals surface area contributed by atoms with E-state index < -0.39 is 5.54 Å². The minimum Gasteiger partial charge on any atom is -0.325 e. The van der Waals surface area contributed by atoms with Crippen LogP contribution in [0.15, 0.2) is 53.0 Å². The van der Waals surface area contributed by atoms with Gasteiger partial charge in [0.15, 0.2) is 0 Å². The summed E-state index contributed by atoms with van der Waals surface area (Å²) in [6.07, 6.45) is 1.24. The lowest BCUT2D eigenvalue weighted by Gasteiger charge is -2.25. The molecule has 3 heteroatoms. The van der Waals surface area contributed by atoms with Crippen LogP contribution in [0.4, 0.5) is 4.39 Å². The lowest BCUT2D eigenvalue weighted by atomic mass is 9.87. The summed E-state index contributed by atoms with van der Waals surface area (Å²) in [6, 6.07) is 15.2. The van der Waals surface area contributed by atoms with Gasteiger partial charge in [-0.15, -0.1) is 0 Å². The van der Waals surface area contributed by atoms with Crippen molar-refractivity contribution in [2.24, 2.45) is 5.73 Å². The zero-order valence-electron chi connectivity index (χ0n) is 10.9. The summed E-state index contributed by atoms with van der Waals surface area (Å²) in [5.41, 5.74) is 7.67. The Bertz CT molecular complexity index is 552. The molecule has 0 aliphatic heterocycles. The fourth-order valence-electron chi connectivity index (χ4n) is 2.22. The van der Waals surface area contributed by atoms with Crippen LogP contribution in [-0.4, -0.2) is 5.54 Å². The number of hydrogen-bond donors (Lipinski definition) is 1. The highest BCUT2D eigenvalue weighted by Crippen LogP contribution is 2.21. The summed E-state index contributed by atoms with van der Waals surface area (Å²) in [7, 11) is 0. The normalized spacial score (nSPS) is 14.1. The van der Waals surface area contributed by atoms with Gasteiger partial charge in [0.2, 0.25) is 0 Å². The molecule has 1 nitrogen and oxygen atoms in total. The largest absolute Gasteiger partial charge is 0.325 e. The van der Waals surface area contributed by atoms with E-state index in [0.29, 0.717) is 12.0 Å². The molecule has 0 aliphatic carbocycles. The summed E-state index contributed by atoms with van der Waals surface area (Å²) in [4.78, 5) is 0. The number of halogens is 2. The molecular formula is C16H17BrFN. The van der Waals surface area contributed by atoms with E-state index in [0.717, 1.165) is 10.9 Å². The lowest BCUT2D eigenvalue weighted by Crippen LogP contribution is -2.41. The Labute approximate surface area is 121 Å². The number of nitrogens with two attached hydrogens (primary N) is 1. The van der Waals surface area contributed by atoms with Gasteiger partial charge >= 0.3 is 0 Å². The zero-order chi connectivity index (χ0) is 13.9. The first-order valence-electron chi connectivity index (χ1n) is 6.23. The molecule has 0 aliphatic rings. The molecule has 0 bridgehead atoms. The van der Waals surface area contributed by atoms with Gasteiger partial charge in [0.25, 0.3) is 0 Å². The molecule has 1 atom stereocenters. The van der Waals surface area contributed by atoms with E-state index in [2.05, 4.69) is 15.9 Å². The summed E-state index contributed by atoms with van der Waals surface area (Å²) in [5, 5.41) is 0. The third-order valence-electron chi connectivity index (χ3n) is 3.06. The lowest BCUT2D eigenvalue weighted by molar-refractivity contribution is 0.451. The van der Waals surface area contributed by atoms with E-state index in [-0.39, 0.29) is 5.82 Å². The van der Waals surface area contributed by atoms with E-state index in [9.17, 15) is 4.39 Å². The fourth-order valence-corrected chi connectivity index (χ4v) is 2.56. The molecule has 2 N–H and O–H groups in total. The Morgan fingerprint density at radius 1 is 1.11 bits per heavy atom. The highest BCUT2D eigenvalue weighted by Gasteiger charge is 2.21. The van der Waals surface area contributed by atoms with Gasteiger partial charge in [-0.05, 0) is 43.0 Å². The zero-order valence-corrected chi connectivity index (χ0v) is 12.5. The average molecular weight is 322 g/mol. The Hall–Kier alpha value is -1.19. The van der Waals surface area contributed by atoms with E-state index in [1.54, 1.807) is 6.07 Å². The standard InChI is InChI=1S/C16H17BrFN/c1-16(19,10-12-5-3-2-4-6-12)11-13-7-8-14(17)9-15(13)18/h2-9H,10-11,19H2,1H3. The first-order valence-corrected chi connectivity index (χ1v) is 7.02. The Morgan fingerprint density at radius 3 is 2.42 bits per heavy atom. The third kappa shape index (κ3) is 4.15. The molecular weight excluding hydrogens is 305 g/mol. The number of benzene rings is 2. The summed E-state index contributed by atoms with van der Waals surface area (Å²) in [6.45, 7) is 1.96. The second kappa shape index (κ2) is 5.85. The van der Waals surface area contributed by atoms with Crippen LogP contribution in [-0.2, 0) is 12.8 Å². The molecule has 0 heterocycles. The number of rotatable bonds is 4. The van der Waals surface area contributed by atoms with Crippen LogP contribution >= 0.6 is 15.9 Å². The third-order valence-corrected chi connectivity index (χ3v) is 3.55. The van der Waals surface area contributed by atoms with Gasteiger partial charge in [0.1, 0.15) is 5.82 Å². The van der Waals surface area contributed by atoms with Gasteiger partial charge < -0.3 is 5.73 Å². The monoisotopic (exact) mass is 321 g/mol. The molecule has 2 aromatic rings. The van der Waals surface area contributed by atoms with Crippen LogP contribution in [0.1, 0.15) is 18.1 Å². The van der Waals surface area contributed by atoms with Crippen LogP contribution in [0, 0.1) is 5.82 Å². The second-order valence-electron chi connectivity index (χ2n) is 5.23. The molecule has 0 amide bonds. The minimum absolute atomic E-state index is 0.209. The molecule has 19 heavy (non-hydrogen) atoms. The van der Waals surface area contributed by atoms with Gasteiger partial charge in [-0.1, -0.05) is 52.3 Å². The van der Waals surface area contributed by atoms with Crippen molar-refractivity contribution in [2.45, 2.75) is 25.3 Å². The molecule has 0 saturated carbocycles. The van der Waals surface area contributed by atoms with E-state index in [4.69, 9.17) is 5.73 Å². The molecule has 2 aromatic carbocycles. The smallest absolute Gasteiger partial charge is 0.127 e. The first-order chi connectivity index (χ1) is 8.96. The predicted molar refractivity (Wildman–Crippen MR) is 80.5 cm³/mol. The molecule has 2 rings (SSSR count). The van der Waals surface area contributed by atoms with E-state index in [1.807, 2.05) is 43.3 Å². The maximum absolute atomic E-state index is 13.8. The van der Waals surface area contributed by atoms with E-state index in [1.165, 1.54) is 11.6 Å². The molecule has 100 valence electrons. The van der Waals surface area contributed by atoms with Crippen LogP contribution in [0.3, 0.4) is 0 Å². The van der Waals surface area contributed by atoms with Crippen molar-refractivity contribution < 1.29 is 4.39 Å². The average Bonchev–Trinajstić information content (AvgIpc) is 2.33. The Kier molecular flexibility index (Phi) is 4.38. The van der Waals surface area contributed by atoms with Crippen LogP contribution in [0.2, 0.25) is 0 Å². The highest BCUT2D eigenvalue weighted by atomic mass is 79.9. The highest BCUT2D eigenvalue weighted by molar-refractivity contribution is 9.10. The maximum atomic E-state index is 13.8. The Balaban J connectivity index is 2.12. The van der Waals surface area contributed by atoms with Crippen LogP contribution in [0.5, 0.6) is 0 Å².